The van der Waals surface area contributed by atoms with Crippen LogP contribution in [0.25, 0.3) is 0 Å². The van der Waals surface area contributed by atoms with Crippen LogP contribution in [0.15, 0.2) is 23.1 Å². The smallest absolute Gasteiger partial charge is 0.140 e. The SMILES string of the molecule is Cc1ccc(S(N)=O)c(F)c1. The molecule has 0 saturated carbocycles. The van der Waals surface area contributed by atoms with Crippen molar-refractivity contribution in [3.8, 4) is 0 Å². The van der Waals surface area contributed by atoms with Gasteiger partial charge >= 0.3 is 0 Å². The maximum atomic E-state index is 12.8. The summed E-state index contributed by atoms with van der Waals surface area (Å²) < 4.78 is 23.5. The molecule has 0 aliphatic carbocycles. The second-order valence-electron chi connectivity index (χ2n) is 2.23. The molecular formula is C7H8FNOS. The van der Waals surface area contributed by atoms with E-state index in [0.29, 0.717) is 0 Å². The fourth-order valence-electron chi connectivity index (χ4n) is 0.769. The first-order chi connectivity index (χ1) is 5.11. The molecule has 0 fully saturated rings. The van der Waals surface area contributed by atoms with Crippen LogP contribution in [0, 0.1) is 12.7 Å². The van der Waals surface area contributed by atoms with E-state index in [-0.39, 0.29) is 4.90 Å². The van der Waals surface area contributed by atoms with Crippen LogP contribution < -0.4 is 5.14 Å². The molecule has 60 valence electrons. The van der Waals surface area contributed by atoms with Crippen molar-refractivity contribution in [1.82, 2.24) is 0 Å². The van der Waals surface area contributed by atoms with E-state index in [1.165, 1.54) is 12.1 Å². The first-order valence-corrected chi connectivity index (χ1v) is 4.25. The summed E-state index contributed by atoms with van der Waals surface area (Å²) in [5.74, 6) is -0.508. The monoisotopic (exact) mass is 173 g/mol. The maximum Gasteiger partial charge on any atom is 0.140 e. The number of halogens is 1. The van der Waals surface area contributed by atoms with Crippen LogP contribution in [0.2, 0.25) is 0 Å². The van der Waals surface area contributed by atoms with Gasteiger partial charge in [0.05, 0.1) is 4.90 Å². The molecule has 2 N–H and O–H groups in total. The fourth-order valence-corrected chi connectivity index (χ4v) is 1.22. The van der Waals surface area contributed by atoms with E-state index in [1.807, 2.05) is 0 Å². The Morgan fingerprint density at radius 2 is 2.18 bits per heavy atom. The normalized spacial score (nSPS) is 13.0. The molecule has 1 atom stereocenters. The van der Waals surface area contributed by atoms with Crippen LogP contribution in [-0.4, -0.2) is 4.21 Å². The van der Waals surface area contributed by atoms with E-state index in [9.17, 15) is 8.60 Å². The minimum absolute atomic E-state index is 0.0515. The largest absolute Gasteiger partial charge is 0.247 e. The van der Waals surface area contributed by atoms with E-state index in [4.69, 9.17) is 5.14 Å². The number of nitrogens with two attached hydrogens (primary N) is 1. The Hall–Kier alpha value is -0.740. The van der Waals surface area contributed by atoms with Gasteiger partial charge < -0.3 is 0 Å². The fraction of sp³-hybridized carbons (Fsp3) is 0.143. The van der Waals surface area contributed by atoms with Crippen molar-refractivity contribution in [2.24, 2.45) is 5.14 Å². The molecule has 0 radical (unpaired) electrons. The molecule has 1 rings (SSSR count). The second kappa shape index (κ2) is 3.11. The summed E-state index contributed by atoms with van der Waals surface area (Å²) in [4.78, 5) is 0.0515. The van der Waals surface area contributed by atoms with Gasteiger partial charge in [-0.1, -0.05) is 6.07 Å². The lowest BCUT2D eigenvalue weighted by Crippen LogP contribution is -2.04. The lowest BCUT2D eigenvalue weighted by atomic mass is 10.2. The van der Waals surface area contributed by atoms with Crippen LogP contribution in [-0.2, 0) is 11.0 Å². The zero-order valence-corrected chi connectivity index (χ0v) is 6.82. The quantitative estimate of drug-likeness (QED) is 0.679. The maximum absolute atomic E-state index is 12.8. The average molecular weight is 173 g/mol. The van der Waals surface area contributed by atoms with Gasteiger partial charge in [0, 0.05) is 0 Å². The van der Waals surface area contributed by atoms with Crippen molar-refractivity contribution < 1.29 is 8.60 Å². The number of aryl methyl sites for hydroxylation is 1. The van der Waals surface area contributed by atoms with E-state index in [0.717, 1.165) is 5.56 Å². The predicted molar refractivity (Wildman–Crippen MR) is 41.7 cm³/mol. The molecule has 0 aromatic heterocycles. The van der Waals surface area contributed by atoms with Crippen LogP contribution >= 0.6 is 0 Å². The van der Waals surface area contributed by atoms with E-state index < -0.39 is 16.8 Å². The van der Waals surface area contributed by atoms with E-state index in [1.54, 1.807) is 13.0 Å². The molecule has 0 amide bonds. The number of benzene rings is 1. The highest BCUT2D eigenvalue weighted by atomic mass is 32.2. The van der Waals surface area contributed by atoms with Gasteiger partial charge in [-0.05, 0) is 24.6 Å². The summed E-state index contributed by atoms with van der Waals surface area (Å²) in [7, 11) is -1.72. The lowest BCUT2D eigenvalue weighted by Gasteiger charge is -1.98. The summed E-state index contributed by atoms with van der Waals surface area (Å²) >= 11 is 0. The highest BCUT2D eigenvalue weighted by Crippen LogP contribution is 2.11. The third kappa shape index (κ3) is 1.85. The Labute approximate surface area is 66.8 Å². The number of hydrogen-bond donors (Lipinski definition) is 1. The molecule has 0 saturated heterocycles. The predicted octanol–water partition coefficient (Wildman–Crippen LogP) is 1.12. The average Bonchev–Trinajstić information content (AvgIpc) is 1.85. The zero-order chi connectivity index (χ0) is 8.43. The van der Waals surface area contributed by atoms with Crippen molar-refractivity contribution in [1.29, 1.82) is 0 Å². The lowest BCUT2D eigenvalue weighted by molar-refractivity contribution is 0.594. The van der Waals surface area contributed by atoms with Crippen molar-refractivity contribution >= 4 is 11.0 Å². The summed E-state index contributed by atoms with van der Waals surface area (Å²) in [6.45, 7) is 1.76. The Kier molecular flexibility index (Phi) is 2.36. The molecule has 0 spiro atoms. The summed E-state index contributed by atoms with van der Waals surface area (Å²) in [5, 5.41) is 5.00. The molecule has 11 heavy (non-hydrogen) atoms. The molecule has 0 heterocycles. The Morgan fingerprint density at radius 1 is 1.55 bits per heavy atom. The standard InChI is InChI=1S/C7H8FNOS/c1-5-2-3-7(11(9)10)6(8)4-5/h2-4H,9H2,1H3. The topological polar surface area (TPSA) is 43.1 Å². The van der Waals surface area contributed by atoms with E-state index in [2.05, 4.69) is 0 Å². The molecule has 1 aromatic carbocycles. The summed E-state index contributed by atoms with van der Waals surface area (Å²) in [6, 6.07) is 4.41. The second-order valence-corrected chi connectivity index (χ2v) is 3.27. The van der Waals surface area contributed by atoms with Crippen molar-refractivity contribution in [3.63, 3.8) is 0 Å². The first-order valence-electron chi connectivity index (χ1n) is 3.03. The van der Waals surface area contributed by atoms with Gasteiger partial charge in [-0.2, -0.15) is 0 Å². The molecule has 1 unspecified atom stereocenters. The van der Waals surface area contributed by atoms with Crippen LogP contribution in [0.5, 0.6) is 0 Å². The van der Waals surface area contributed by atoms with Crippen molar-refractivity contribution in [2.75, 3.05) is 0 Å². The van der Waals surface area contributed by atoms with Crippen molar-refractivity contribution in [3.05, 3.63) is 29.6 Å². The third-order valence-corrected chi connectivity index (χ3v) is 2.07. The van der Waals surface area contributed by atoms with E-state index >= 15 is 0 Å². The molecule has 0 aliphatic rings. The van der Waals surface area contributed by atoms with Crippen LogP contribution in [0.4, 0.5) is 4.39 Å². The Morgan fingerprint density at radius 3 is 2.64 bits per heavy atom. The Balaban J connectivity index is 3.20. The summed E-state index contributed by atoms with van der Waals surface area (Å²) in [5.41, 5.74) is 0.789. The van der Waals surface area contributed by atoms with Gasteiger partial charge in [0.2, 0.25) is 0 Å². The highest BCUT2D eigenvalue weighted by molar-refractivity contribution is 7.82. The number of rotatable bonds is 1. The first kappa shape index (κ1) is 8.36. The van der Waals surface area contributed by atoms with Gasteiger partial charge in [0.25, 0.3) is 0 Å². The Bertz CT molecular complexity index is 300. The molecule has 2 nitrogen and oxygen atoms in total. The minimum Gasteiger partial charge on any atom is -0.247 e. The van der Waals surface area contributed by atoms with Crippen LogP contribution in [0.1, 0.15) is 5.56 Å². The van der Waals surface area contributed by atoms with Gasteiger partial charge in [0.15, 0.2) is 0 Å². The molecular weight excluding hydrogens is 165 g/mol. The minimum atomic E-state index is -1.72. The van der Waals surface area contributed by atoms with Gasteiger partial charge in [-0.15, -0.1) is 0 Å². The highest BCUT2D eigenvalue weighted by Gasteiger charge is 2.04. The van der Waals surface area contributed by atoms with Gasteiger partial charge in [-0.3, -0.25) is 0 Å². The molecule has 4 heteroatoms. The third-order valence-electron chi connectivity index (χ3n) is 1.30. The molecule has 0 aliphatic heterocycles. The zero-order valence-electron chi connectivity index (χ0n) is 6.00. The molecule has 0 bridgehead atoms. The van der Waals surface area contributed by atoms with Gasteiger partial charge in [-0.25, -0.2) is 13.7 Å². The van der Waals surface area contributed by atoms with Crippen molar-refractivity contribution in [2.45, 2.75) is 11.8 Å². The van der Waals surface area contributed by atoms with Gasteiger partial charge in [0.1, 0.15) is 16.8 Å². The number of hydrogen-bond acceptors (Lipinski definition) is 1. The molecule has 1 aromatic rings. The van der Waals surface area contributed by atoms with Crippen LogP contribution in [0.3, 0.4) is 0 Å². The summed E-state index contributed by atoms with van der Waals surface area (Å²) in [6.07, 6.45) is 0.